The number of benzene rings is 4. The molecule has 420 valence electrons. The number of nitrogens with one attached hydrogen (secondary N) is 5. The summed E-state index contributed by atoms with van der Waals surface area (Å²) >= 11 is 1.48. The van der Waals surface area contributed by atoms with E-state index in [9.17, 15) is 38.3 Å². The van der Waals surface area contributed by atoms with Crippen LogP contribution in [0.5, 0.6) is 17.2 Å². The first-order valence-electron chi connectivity index (χ1n) is 26.6. The standard InChI is InChI=1S/C59H66FN9O10S/c1-34-52(80-33-63-34)36-7-8-37(31-62-54(73)48-28-41(71)32-69(48)55(74)53(58(3,4)5)64-35(2)70)45(27-36)67-51(72)20-26-78-42-18-24-68(25-19-42)47-30-46-44(29-50(47)77-6)49(17-23-61-46)79-43-15-13-40(14-16-43)66-57(76)59(21-22-59)56(75)65-39-11-9-38(60)10-12-39/h7-17,23,27,29-30,33,41-42,48,53,71H,18-22,24-26,28,31-32H2,1-6H3,(H,62,73)(H,64,70)(H,65,75)(H,66,76)(H,67,72)/t41-,48+,53-/m1/s1. The van der Waals surface area contributed by atoms with Gasteiger partial charge in [0.25, 0.3) is 0 Å². The van der Waals surface area contributed by atoms with Gasteiger partial charge < -0.3 is 55.7 Å². The number of thiazole rings is 1. The van der Waals surface area contributed by atoms with Crippen LogP contribution >= 0.6 is 11.3 Å². The van der Waals surface area contributed by atoms with Gasteiger partial charge in [-0.3, -0.25) is 33.8 Å². The van der Waals surface area contributed by atoms with E-state index in [1.807, 2.05) is 58.0 Å². The lowest BCUT2D eigenvalue weighted by Crippen LogP contribution is -2.57. The molecule has 1 aliphatic carbocycles. The number of carbonyl (C=O) groups excluding carboxylic acids is 6. The van der Waals surface area contributed by atoms with Crippen molar-refractivity contribution in [3.05, 3.63) is 114 Å². The Hall–Kier alpha value is -8.01. The number of carbonyl (C=O) groups is 6. The van der Waals surface area contributed by atoms with Gasteiger partial charge in [0.05, 0.1) is 59.6 Å². The molecule has 19 nitrogen and oxygen atoms in total. The van der Waals surface area contributed by atoms with E-state index >= 15 is 0 Å². The average molecular weight is 1110 g/mol. The van der Waals surface area contributed by atoms with Crippen molar-refractivity contribution >= 4 is 80.4 Å². The fourth-order valence-corrected chi connectivity index (χ4v) is 10.9. The number of likely N-dealkylation sites (tertiary alicyclic amines) is 1. The second-order valence-electron chi connectivity index (χ2n) is 21.6. The van der Waals surface area contributed by atoms with E-state index in [2.05, 4.69) is 41.5 Å². The highest BCUT2D eigenvalue weighted by molar-refractivity contribution is 7.13. The van der Waals surface area contributed by atoms with Gasteiger partial charge in [-0.15, -0.1) is 11.3 Å². The highest BCUT2D eigenvalue weighted by Crippen LogP contribution is 2.48. The molecule has 4 aromatic carbocycles. The first-order valence-corrected chi connectivity index (χ1v) is 27.5. The number of fused-ring (bicyclic) bond motifs is 1. The molecule has 3 atom stereocenters. The summed E-state index contributed by atoms with van der Waals surface area (Å²) in [6.45, 7) is 10.2. The highest BCUT2D eigenvalue weighted by atomic mass is 32.1. The molecule has 2 saturated heterocycles. The van der Waals surface area contributed by atoms with Crippen LogP contribution in [-0.4, -0.2) is 113 Å². The zero-order valence-corrected chi connectivity index (χ0v) is 46.3. The molecule has 0 radical (unpaired) electrons. The Morgan fingerprint density at radius 3 is 2.19 bits per heavy atom. The predicted octanol–water partition coefficient (Wildman–Crippen LogP) is 8.11. The van der Waals surface area contributed by atoms with Crippen molar-refractivity contribution in [1.29, 1.82) is 0 Å². The molecule has 3 fully saturated rings. The van der Waals surface area contributed by atoms with Crippen LogP contribution in [0.2, 0.25) is 0 Å². The van der Waals surface area contributed by atoms with Gasteiger partial charge in [-0.2, -0.15) is 0 Å². The maximum absolute atomic E-state index is 13.8. The van der Waals surface area contributed by atoms with Crippen LogP contribution in [0.1, 0.15) is 77.5 Å². The summed E-state index contributed by atoms with van der Waals surface area (Å²) in [5.74, 6) is -1.16. The molecule has 9 rings (SSSR count). The normalized spacial score (nSPS) is 17.3. The minimum atomic E-state index is -1.20. The highest BCUT2D eigenvalue weighted by Gasteiger charge is 2.56. The first kappa shape index (κ1) is 56.7. The Balaban J connectivity index is 0.776. The van der Waals surface area contributed by atoms with Gasteiger partial charge in [-0.25, -0.2) is 9.37 Å². The SMILES string of the molecule is COc1cc2c(Oc3ccc(NC(=O)C4(C(=O)Nc5ccc(F)cc5)CC4)cc3)ccnc2cc1N1CCC(OCCC(=O)Nc2cc(-c3scnc3C)ccc2CNC(=O)[C@@H]2C[C@@H](O)CN2C(=O)[C@@H](NC(C)=O)C(C)(C)C)CC1. The number of aromatic nitrogens is 2. The maximum Gasteiger partial charge on any atom is 0.246 e. The lowest BCUT2D eigenvalue weighted by molar-refractivity contribution is -0.143. The fraction of sp³-hybridized carbons (Fsp3) is 0.390. The number of hydrogen-bond acceptors (Lipinski definition) is 14. The number of aliphatic hydroxyl groups excluding tert-OH is 1. The molecular formula is C59H66FN9O10S. The van der Waals surface area contributed by atoms with Gasteiger partial charge in [-0.1, -0.05) is 32.9 Å². The minimum absolute atomic E-state index is 0.0227. The molecule has 21 heteroatoms. The molecular weight excluding hydrogens is 1050 g/mol. The Morgan fingerprint density at radius 1 is 0.875 bits per heavy atom. The summed E-state index contributed by atoms with van der Waals surface area (Å²) in [6.07, 6.45) is 2.97. The second kappa shape index (κ2) is 24.2. The summed E-state index contributed by atoms with van der Waals surface area (Å²) in [4.78, 5) is 93.1. The Morgan fingerprint density at radius 2 is 1.56 bits per heavy atom. The monoisotopic (exact) mass is 1110 g/mol. The largest absolute Gasteiger partial charge is 0.495 e. The molecule has 6 N–H and O–H groups in total. The van der Waals surface area contributed by atoms with Crippen LogP contribution in [0, 0.1) is 23.6 Å². The van der Waals surface area contributed by atoms with Crippen molar-refractivity contribution < 1.29 is 52.5 Å². The fourth-order valence-electron chi connectivity index (χ4n) is 10.1. The van der Waals surface area contributed by atoms with E-state index in [1.165, 1.54) is 47.4 Å². The molecule has 6 amide bonds. The van der Waals surface area contributed by atoms with Crippen molar-refractivity contribution in [2.45, 2.75) is 104 Å². The van der Waals surface area contributed by atoms with Gasteiger partial charge in [0, 0.05) is 68.2 Å². The maximum atomic E-state index is 13.8. The lowest BCUT2D eigenvalue weighted by atomic mass is 9.85. The van der Waals surface area contributed by atoms with E-state index in [-0.39, 0.29) is 50.5 Å². The van der Waals surface area contributed by atoms with Crippen LogP contribution in [0.25, 0.3) is 21.3 Å². The van der Waals surface area contributed by atoms with Gasteiger partial charge in [-0.05, 0) is 122 Å². The molecule has 2 aromatic heterocycles. The topological polar surface area (TPSA) is 243 Å². The van der Waals surface area contributed by atoms with Crippen LogP contribution in [0.15, 0.2) is 96.6 Å². The number of amides is 6. The number of nitrogens with zero attached hydrogens (tertiary/aromatic N) is 4. The van der Waals surface area contributed by atoms with Crippen LogP contribution in [0.3, 0.4) is 0 Å². The number of piperidine rings is 1. The molecule has 0 bridgehead atoms. The third kappa shape index (κ3) is 13.2. The molecule has 80 heavy (non-hydrogen) atoms. The van der Waals surface area contributed by atoms with Crippen LogP contribution < -0.4 is 41.0 Å². The summed E-state index contributed by atoms with van der Waals surface area (Å²) in [6, 6.07) is 21.6. The second-order valence-corrected chi connectivity index (χ2v) is 22.4. The van der Waals surface area contributed by atoms with Crippen molar-refractivity contribution in [3.8, 4) is 27.7 Å². The number of aliphatic hydroxyl groups is 1. The summed E-state index contributed by atoms with van der Waals surface area (Å²) < 4.78 is 31.9. The smallest absolute Gasteiger partial charge is 0.246 e. The summed E-state index contributed by atoms with van der Waals surface area (Å²) in [5.41, 5.74) is 5.18. The Kier molecular flexibility index (Phi) is 17.1. The van der Waals surface area contributed by atoms with E-state index in [0.717, 1.165) is 27.2 Å². The number of ether oxygens (including phenoxy) is 3. The number of methoxy groups -OCH3 is 1. The Labute approximate surface area is 467 Å². The number of aryl methyl sites for hydroxylation is 1. The molecule has 6 aromatic rings. The molecule has 0 unspecified atom stereocenters. The number of pyridine rings is 1. The molecule has 4 heterocycles. The zero-order valence-electron chi connectivity index (χ0n) is 45.5. The molecule has 0 spiro atoms. The lowest BCUT2D eigenvalue weighted by Gasteiger charge is -2.35. The molecule has 1 saturated carbocycles. The molecule has 2 aliphatic heterocycles. The number of β-amino-alcohol motifs (C(OH)–C–C–N with tert-alkyl or cyclic N) is 1. The molecule has 3 aliphatic rings. The Bertz CT molecular complexity index is 3280. The first-order chi connectivity index (χ1) is 38.3. The van der Waals surface area contributed by atoms with Crippen molar-refractivity contribution in [1.82, 2.24) is 25.5 Å². The predicted molar refractivity (Wildman–Crippen MR) is 302 cm³/mol. The van der Waals surface area contributed by atoms with E-state index in [4.69, 9.17) is 14.2 Å². The van der Waals surface area contributed by atoms with Gasteiger partial charge >= 0.3 is 0 Å². The third-order valence-electron chi connectivity index (χ3n) is 14.7. The van der Waals surface area contributed by atoms with Crippen molar-refractivity contribution in [2.24, 2.45) is 10.8 Å². The van der Waals surface area contributed by atoms with E-state index in [1.54, 1.807) is 49.1 Å². The number of halogens is 1. The van der Waals surface area contributed by atoms with Gasteiger partial charge in [0.1, 0.15) is 40.6 Å². The van der Waals surface area contributed by atoms with E-state index in [0.29, 0.717) is 84.2 Å². The number of hydrogen-bond donors (Lipinski definition) is 6. The zero-order chi connectivity index (χ0) is 56.9. The van der Waals surface area contributed by atoms with Crippen LogP contribution in [-0.2, 0) is 40.0 Å². The number of rotatable bonds is 19. The van der Waals surface area contributed by atoms with Gasteiger partial charge in [0.15, 0.2) is 0 Å². The number of anilines is 4. The van der Waals surface area contributed by atoms with Crippen LogP contribution in [0.4, 0.5) is 27.1 Å². The van der Waals surface area contributed by atoms with Crippen molar-refractivity contribution in [2.75, 3.05) is 54.2 Å². The quantitative estimate of drug-likeness (QED) is 0.0421. The van der Waals surface area contributed by atoms with Gasteiger partial charge in [0.2, 0.25) is 35.4 Å². The average Bonchev–Trinajstić information content (AvgIpc) is 4.00. The summed E-state index contributed by atoms with van der Waals surface area (Å²) in [7, 11) is 1.61. The van der Waals surface area contributed by atoms with Crippen molar-refractivity contribution in [3.63, 3.8) is 0 Å². The van der Waals surface area contributed by atoms with E-state index < -0.39 is 58.5 Å². The summed E-state index contributed by atoms with van der Waals surface area (Å²) in [5, 5.41) is 25.6. The minimum Gasteiger partial charge on any atom is -0.495 e. The third-order valence-corrected chi connectivity index (χ3v) is 15.7.